The van der Waals surface area contributed by atoms with Gasteiger partial charge in [0, 0.05) is 65.6 Å². The minimum atomic E-state index is -1.14. The highest BCUT2D eigenvalue weighted by atomic mass is 32.1. The van der Waals surface area contributed by atoms with E-state index in [9.17, 15) is 47.9 Å². The number of likely N-dealkylation sites (tertiary alicyclic amines) is 1. The number of thiazole rings is 1. The zero-order valence-corrected chi connectivity index (χ0v) is 58.9. The molecular weight excluding hydrogens is 1240 g/mol. The molecule has 3 aromatic rings. The second-order valence-electron chi connectivity index (χ2n) is 25.7. The van der Waals surface area contributed by atoms with Crippen molar-refractivity contribution in [1.82, 2.24) is 51.6 Å². The Balaban J connectivity index is 1.42. The number of amides is 11. The van der Waals surface area contributed by atoms with Gasteiger partial charge >= 0.3 is 12.1 Å². The molecule has 2 unspecified atom stereocenters. The topological polar surface area (TPSA) is 357 Å². The second kappa shape index (κ2) is 40.0. The maximum Gasteiger partial charge on any atom is 0.410 e. The Kier molecular flexibility index (Phi) is 33.5. The summed E-state index contributed by atoms with van der Waals surface area (Å²) in [5, 5.41) is 22.2. The first-order valence-corrected chi connectivity index (χ1v) is 34.0. The van der Waals surface area contributed by atoms with Gasteiger partial charge in [-0.25, -0.2) is 14.6 Å². The highest BCUT2D eigenvalue weighted by Crippen LogP contribution is 2.31. The number of likely N-dealkylation sites (N-methyl/N-ethyl adjacent to an activating group) is 2. The Morgan fingerprint density at radius 3 is 1.93 bits per heavy atom. The third-order valence-electron chi connectivity index (χ3n) is 17.5. The third-order valence-corrected chi connectivity index (χ3v) is 18.4. The zero-order chi connectivity index (χ0) is 70.6. The van der Waals surface area contributed by atoms with Crippen molar-refractivity contribution in [3.05, 3.63) is 82.3 Å². The van der Waals surface area contributed by atoms with Crippen LogP contribution < -0.4 is 48.7 Å². The SMILES string of the molecule is CC[C@H](C)[C@@H]([C@@H](CC(=O)N1CCC[C@H]1[C@H](OC)[C@@H](C)C(=O)N[C@@H](Cc1ccccc1)c1nccs1)OC)N(C)C(=O)[C@@H](NC(=O)[C@H](C(C)C)N(C)C(=O)OCc1ccc(NC(=O)C(CCCNC(N)=O)NC(=O)[C@@H](NC(=O)C(CCCCN)NC(C)=O)C(C)C)cc1)C(C)C. The summed E-state index contributed by atoms with van der Waals surface area (Å²) in [5.41, 5.74) is 12.8. The first kappa shape index (κ1) is 79.7. The molecule has 2 heterocycles. The molecule has 0 bridgehead atoms. The van der Waals surface area contributed by atoms with Crippen molar-refractivity contribution < 1.29 is 62.2 Å². The van der Waals surface area contributed by atoms with Crippen molar-refractivity contribution >= 4 is 76.4 Å². The number of rotatable bonds is 39. The largest absolute Gasteiger partial charge is 0.445 e. The molecule has 2 aromatic carbocycles. The van der Waals surface area contributed by atoms with Crippen LogP contribution in [0.5, 0.6) is 0 Å². The van der Waals surface area contributed by atoms with Crippen LogP contribution in [0, 0.1) is 29.6 Å². The number of aromatic nitrogens is 1. The summed E-state index contributed by atoms with van der Waals surface area (Å²) < 4.78 is 17.9. The number of hydrogen-bond donors (Lipinski definition) is 9. The summed E-state index contributed by atoms with van der Waals surface area (Å²) in [6.07, 6.45) is 3.71. The van der Waals surface area contributed by atoms with Gasteiger partial charge in [0.1, 0.15) is 41.8 Å². The van der Waals surface area contributed by atoms with Crippen LogP contribution >= 0.6 is 11.3 Å². The number of hydrogen-bond acceptors (Lipinski definition) is 16. The fourth-order valence-electron chi connectivity index (χ4n) is 12.1. The van der Waals surface area contributed by atoms with Gasteiger partial charge in [-0.1, -0.05) is 111 Å². The Morgan fingerprint density at radius 2 is 1.36 bits per heavy atom. The van der Waals surface area contributed by atoms with Crippen LogP contribution in [-0.4, -0.2) is 182 Å². The smallest absolute Gasteiger partial charge is 0.410 e. The van der Waals surface area contributed by atoms with E-state index in [0.717, 1.165) is 10.6 Å². The first-order chi connectivity index (χ1) is 45.1. The van der Waals surface area contributed by atoms with E-state index in [1.165, 1.54) is 37.3 Å². The molecule has 0 aliphatic carbocycles. The lowest BCUT2D eigenvalue weighted by molar-refractivity contribution is -0.148. The van der Waals surface area contributed by atoms with Crippen LogP contribution in [0.15, 0.2) is 66.2 Å². The lowest BCUT2D eigenvalue weighted by Crippen LogP contribution is -2.60. The van der Waals surface area contributed by atoms with E-state index in [2.05, 4.69) is 42.2 Å². The van der Waals surface area contributed by atoms with E-state index in [1.54, 1.807) is 82.1 Å². The Morgan fingerprint density at radius 1 is 0.716 bits per heavy atom. The monoisotopic (exact) mass is 1350 g/mol. The van der Waals surface area contributed by atoms with Crippen molar-refractivity contribution in [2.24, 2.45) is 41.1 Å². The number of benzene rings is 2. The summed E-state index contributed by atoms with van der Waals surface area (Å²) in [6, 6.07) is 8.83. The molecule has 0 radical (unpaired) electrons. The van der Waals surface area contributed by atoms with Gasteiger partial charge in [-0.3, -0.25) is 43.3 Å². The number of primary amides is 1. The normalized spacial score (nSPS) is 16.5. The van der Waals surface area contributed by atoms with E-state index in [0.29, 0.717) is 69.3 Å². The average molecular weight is 1350 g/mol. The van der Waals surface area contributed by atoms with E-state index < -0.39 is 126 Å². The summed E-state index contributed by atoms with van der Waals surface area (Å²) in [7, 11) is 6.16. The van der Waals surface area contributed by atoms with Gasteiger partial charge in [0.25, 0.3) is 0 Å². The number of carbonyl (C=O) groups is 10. The highest BCUT2D eigenvalue weighted by molar-refractivity contribution is 7.09. The molecule has 11 amide bonds. The molecule has 528 valence electrons. The van der Waals surface area contributed by atoms with Crippen molar-refractivity contribution in [3.63, 3.8) is 0 Å². The standard InChI is InChI=1S/C68H107N13O13S/c1-15-43(8)58(53(92-13)38-54(83)81-35-22-27-52(81)59(93-14)44(9)60(84)76-51(65-71-34-36-95-65)37-46-23-17-16-18-24-46)79(11)66(89)56(41(4)5)78-64(88)57(42(6)7)80(12)68(91)94-39-47-28-30-48(31-29-47)74-61(85)50(26-21-33-72-67(70)90)75-63(87)55(40(2)3)77-62(86)49(73-45(10)82)25-19-20-32-69/h16-18,23-24,28-31,34,36,40-44,49-53,55-59H,15,19-22,25-27,32-33,35,37-39,69H2,1-14H3,(H,73,82)(H,74,85)(H,75,87)(H,76,84)(H,77,86)(H,78,88)(H3,70,72,90)/t43-,44+,49?,50?,51-,52-,53+,55-,56-,57-,58-,59+/m0/s1. The Labute approximate surface area is 565 Å². The molecular formula is C68H107N13O13S. The molecule has 27 heteroatoms. The number of nitrogens with zero attached hydrogens (tertiary/aromatic N) is 4. The highest BCUT2D eigenvalue weighted by Gasteiger charge is 2.44. The predicted octanol–water partition coefficient (Wildman–Crippen LogP) is 5.54. The molecule has 0 spiro atoms. The molecule has 1 aliphatic rings. The first-order valence-electron chi connectivity index (χ1n) is 33.1. The molecule has 26 nitrogen and oxygen atoms in total. The second-order valence-corrected chi connectivity index (χ2v) is 26.7. The number of unbranched alkanes of at least 4 members (excludes halogenated alkanes) is 1. The number of ether oxygens (including phenoxy) is 3. The van der Waals surface area contributed by atoms with Gasteiger partial charge in [0.2, 0.25) is 47.3 Å². The van der Waals surface area contributed by atoms with Crippen LogP contribution in [0.4, 0.5) is 15.3 Å². The van der Waals surface area contributed by atoms with E-state index >= 15 is 0 Å². The minimum absolute atomic E-state index is 0.0683. The zero-order valence-electron chi connectivity index (χ0n) is 58.1. The molecule has 1 aliphatic heterocycles. The van der Waals surface area contributed by atoms with E-state index in [1.807, 2.05) is 70.3 Å². The molecule has 12 atom stereocenters. The van der Waals surface area contributed by atoms with Crippen LogP contribution in [0.25, 0.3) is 0 Å². The van der Waals surface area contributed by atoms with Gasteiger partial charge < -0.3 is 72.7 Å². The van der Waals surface area contributed by atoms with Crippen molar-refractivity contribution in [1.29, 1.82) is 0 Å². The minimum Gasteiger partial charge on any atom is -0.445 e. The van der Waals surface area contributed by atoms with Gasteiger partial charge in [0.15, 0.2) is 0 Å². The number of methoxy groups -OCH3 is 2. The summed E-state index contributed by atoms with van der Waals surface area (Å²) in [5.74, 6) is -5.76. The fraction of sp³-hybridized carbons (Fsp3) is 0.632. The van der Waals surface area contributed by atoms with E-state index in [4.69, 9.17) is 25.7 Å². The van der Waals surface area contributed by atoms with Gasteiger partial charge in [-0.2, -0.15) is 0 Å². The maximum atomic E-state index is 14.9. The molecule has 4 rings (SSSR count). The quantitative estimate of drug-likeness (QED) is 0.0317. The maximum absolute atomic E-state index is 14.9. The Bertz CT molecular complexity index is 2940. The van der Waals surface area contributed by atoms with Crippen molar-refractivity contribution in [2.75, 3.05) is 53.3 Å². The summed E-state index contributed by atoms with van der Waals surface area (Å²) in [4.78, 5) is 145. The third kappa shape index (κ3) is 24.4. The molecule has 1 saturated heterocycles. The van der Waals surface area contributed by atoms with Crippen molar-refractivity contribution in [3.8, 4) is 0 Å². The van der Waals surface area contributed by atoms with E-state index in [-0.39, 0.29) is 56.2 Å². The molecule has 1 fully saturated rings. The molecule has 11 N–H and O–H groups in total. The van der Waals surface area contributed by atoms with Crippen LogP contribution in [0.2, 0.25) is 0 Å². The molecule has 95 heavy (non-hydrogen) atoms. The number of anilines is 1. The van der Waals surface area contributed by atoms with Gasteiger partial charge in [0.05, 0.1) is 42.7 Å². The van der Waals surface area contributed by atoms with Gasteiger partial charge in [-0.05, 0) is 105 Å². The fourth-order valence-corrected chi connectivity index (χ4v) is 12.8. The van der Waals surface area contributed by atoms with Crippen LogP contribution in [0.3, 0.4) is 0 Å². The van der Waals surface area contributed by atoms with Gasteiger partial charge in [-0.15, -0.1) is 11.3 Å². The molecule has 1 aromatic heterocycles. The van der Waals surface area contributed by atoms with Crippen LogP contribution in [0.1, 0.15) is 149 Å². The summed E-state index contributed by atoms with van der Waals surface area (Å²) >= 11 is 1.47. The number of carbonyl (C=O) groups excluding carboxylic acids is 10. The lowest BCUT2D eigenvalue weighted by atomic mass is 9.89. The molecule has 0 saturated carbocycles. The number of nitrogens with one attached hydrogen (secondary N) is 7. The predicted molar refractivity (Wildman–Crippen MR) is 364 cm³/mol. The average Bonchev–Trinajstić information content (AvgIpc) is 1.80. The van der Waals surface area contributed by atoms with Crippen molar-refractivity contribution in [2.45, 2.75) is 201 Å². The number of urea groups is 1. The summed E-state index contributed by atoms with van der Waals surface area (Å²) in [6.45, 7) is 18.4. The lowest BCUT2D eigenvalue weighted by Gasteiger charge is -2.41. The Hall–Kier alpha value is -7.75. The number of nitrogens with two attached hydrogens (primary N) is 2. The van der Waals surface area contributed by atoms with Crippen LogP contribution in [-0.2, 0) is 65.6 Å².